The SMILES string of the molecule is COC(=O)c1ccc([C@@H]2Nc3c(C(=O)OC)cccc3[C@@H]3OCC[C@H]23)cc1. The third kappa shape index (κ3) is 2.96. The molecule has 2 aromatic rings. The number of carbonyl (C=O) groups is 2. The Labute approximate surface area is 157 Å². The van der Waals surface area contributed by atoms with Gasteiger partial charge < -0.3 is 19.5 Å². The number of hydrogen-bond donors (Lipinski definition) is 1. The second kappa shape index (κ2) is 7.04. The summed E-state index contributed by atoms with van der Waals surface area (Å²) in [4.78, 5) is 23.9. The average Bonchev–Trinajstić information content (AvgIpc) is 3.22. The first-order valence-electron chi connectivity index (χ1n) is 8.91. The van der Waals surface area contributed by atoms with Gasteiger partial charge in [0.25, 0.3) is 0 Å². The molecule has 0 bridgehead atoms. The Bertz CT molecular complexity index is 877. The molecule has 0 aromatic heterocycles. The highest BCUT2D eigenvalue weighted by atomic mass is 16.5. The molecule has 0 unspecified atom stereocenters. The number of fused-ring (bicyclic) bond motifs is 3. The first-order chi connectivity index (χ1) is 13.1. The first-order valence-corrected chi connectivity index (χ1v) is 8.91. The van der Waals surface area contributed by atoms with Crippen LogP contribution in [0.5, 0.6) is 0 Å². The fourth-order valence-corrected chi connectivity index (χ4v) is 4.05. The predicted octanol–water partition coefficient (Wildman–Crippen LogP) is 3.50. The van der Waals surface area contributed by atoms with Gasteiger partial charge in [-0.3, -0.25) is 0 Å². The summed E-state index contributed by atoms with van der Waals surface area (Å²) in [6, 6.07) is 12.9. The average molecular weight is 367 g/mol. The maximum atomic E-state index is 12.2. The Morgan fingerprint density at radius 2 is 1.78 bits per heavy atom. The van der Waals surface area contributed by atoms with Gasteiger partial charge in [0.2, 0.25) is 0 Å². The highest BCUT2D eigenvalue weighted by Crippen LogP contribution is 2.50. The van der Waals surface area contributed by atoms with Gasteiger partial charge in [-0.05, 0) is 30.2 Å². The van der Waals surface area contributed by atoms with E-state index in [2.05, 4.69) is 5.32 Å². The number of anilines is 1. The monoisotopic (exact) mass is 367 g/mol. The van der Waals surface area contributed by atoms with Gasteiger partial charge in [0, 0.05) is 18.1 Å². The molecule has 6 heteroatoms. The summed E-state index contributed by atoms with van der Waals surface area (Å²) >= 11 is 0. The van der Waals surface area contributed by atoms with Crippen LogP contribution in [0.2, 0.25) is 0 Å². The molecule has 140 valence electrons. The van der Waals surface area contributed by atoms with Crippen LogP contribution in [0.15, 0.2) is 42.5 Å². The number of esters is 2. The van der Waals surface area contributed by atoms with Crippen LogP contribution in [0.3, 0.4) is 0 Å². The number of nitrogens with one attached hydrogen (secondary N) is 1. The number of ether oxygens (including phenoxy) is 3. The number of para-hydroxylation sites is 1. The topological polar surface area (TPSA) is 73.9 Å². The molecule has 0 radical (unpaired) electrons. The minimum Gasteiger partial charge on any atom is -0.465 e. The van der Waals surface area contributed by atoms with E-state index in [1.54, 1.807) is 18.2 Å². The lowest BCUT2D eigenvalue weighted by molar-refractivity contribution is 0.0590. The largest absolute Gasteiger partial charge is 0.465 e. The summed E-state index contributed by atoms with van der Waals surface area (Å²) in [6.45, 7) is 0.676. The molecule has 0 amide bonds. The van der Waals surface area contributed by atoms with Crippen LogP contribution in [-0.4, -0.2) is 32.8 Å². The van der Waals surface area contributed by atoms with Crippen LogP contribution in [0.4, 0.5) is 5.69 Å². The van der Waals surface area contributed by atoms with Crippen molar-refractivity contribution in [2.75, 3.05) is 26.1 Å². The summed E-state index contributed by atoms with van der Waals surface area (Å²) < 4.78 is 15.7. The summed E-state index contributed by atoms with van der Waals surface area (Å²) in [6.07, 6.45) is 0.847. The molecule has 2 aliphatic rings. The Morgan fingerprint density at radius 1 is 1.04 bits per heavy atom. The van der Waals surface area contributed by atoms with E-state index in [4.69, 9.17) is 14.2 Å². The van der Waals surface area contributed by atoms with E-state index in [9.17, 15) is 9.59 Å². The summed E-state index contributed by atoms with van der Waals surface area (Å²) in [5.41, 5.74) is 3.79. The zero-order valence-electron chi connectivity index (χ0n) is 15.2. The van der Waals surface area contributed by atoms with E-state index in [-0.39, 0.29) is 30.0 Å². The third-order valence-electron chi connectivity index (χ3n) is 5.36. The molecule has 3 atom stereocenters. The van der Waals surface area contributed by atoms with E-state index >= 15 is 0 Å². The van der Waals surface area contributed by atoms with Gasteiger partial charge in [0.15, 0.2) is 0 Å². The van der Waals surface area contributed by atoms with Gasteiger partial charge in [-0.1, -0.05) is 24.3 Å². The maximum absolute atomic E-state index is 12.2. The van der Waals surface area contributed by atoms with Gasteiger partial charge in [0.05, 0.1) is 43.2 Å². The van der Waals surface area contributed by atoms with Crippen molar-refractivity contribution >= 4 is 17.6 Å². The maximum Gasteiger partial charge on any atom is 0.339 e. The van der Waals surface area contributed by atoms with Gasteiger partial charge in [0.1, 0.15) is 0 Å². The fraction of sp³-hybridized carbons (Fsp3) is 0.333. The molecule has 4 rings (SSSR count). The molecule has 0 saturated carbocycles. The van der Waals surface area contributed by atoms with Crippen molar-refractivity contribution < 1.29 is 23.8 Å². The Balaban J connectivity index is 1.74. The van der Waals surface area contributed by atoms with Crippen LogP contribution in [-0.2, 0) is 14.2 Å². The highest BCUT2D eigenvalue weighted by Gasteiger charge is 2.42. The minimum absolute atomic E-state index is 0.0255. The first kappa shape index (κ1) is 17.5. The molecule has 2 aliphatic heterocycles. The predicted molar refractivity (Wildman–Crippen MR) is 98.7 cm³/mol. The van der Waals surface area contributed by atoms with Crippen LogP contribution in [0, 0.1) is 5.92 Å². The molecule has 1 saturated heterocycles. The normalized spacial score (nSPS) is 23.0. The molecule has 6 nitrogen and oxygen atoms in total. The van der Waals surface area contributed by atoms with E-state index < -0.39 is 0 Å². The molecule has 0 aliphatic carbocycles. The fourth-order valence-electron chi connectivity index (χ4n) is 4.05. The number of carbonyl (C=O) groups excluding carboxylic acids is 2. The zero-order chi connectivity index (χ0) is 19.0. The Kier molecular flexibility index (Phi) is 4.58. The van der Waals surface area contributed by atoms with Gasteiger partial charge >= 0.3 is 11.9 Å². The van der Waals surface area contributed by atoms with Crippen LogP contribution in [0.25, 0.3) is 0 Å². The van der Waals surface area contributed by atoms with Crippen LogP contribution < -0.4 is 5.32 Å². The van der Waals surface area contributed by atoms with Crippen molar-refractivity contribution in [3.8, 4) is 0 Å². The van der Waals surface area contributed by atoms with Crippen LogP contribution in [0.1, 0.15) is 50.4 Å². The molecule has 2 heterocycles. The van der Waals surface area contributed by atoms with E-state index in [0.29, 0.717) is 17.7 Å². The number of rotatable bonds is 3. The van der Waals surface area contributed by atoms with Crippen molar-refractivity contribution in [3.05, 3.63) is 64.7 Å². The Hall–Kier alpha value is -2.86. The smallest absolute Gasteiger partial charge is 0.339 e. The molecular weight excluding hydrogens is 346 g/mol. The molecular formula is C21H21NO5. The second-order valence-corrected chi connectivity index (χ2v) is 6.74. The van der Waals surface area contributed by atoms with Crippen molar-refractivity contribution in [3.63, 3.8) is 0 Å². The van der Waals surface area contributed by atoms with E-state index in [1.165, 1.54) is 14.2 Å². The molecule has 1 N–H and O–H groups in total. The molecule has 0 spiro atoms. The van der Waals surface area contributed by atoms with Crippen molar-refractivity contribution in [2.24, 2.45) is 5.92 Å². The standard InChI is InChI=1S/C21H21NO5/c1-25-20(23)13-8-6-12(7-9-13)17-15-10-11-27-19(15)14-4-3-5-16(18(14)22-17)21(24)26-2/h3-9,15,17,19,22H,10-11H2,1-2H3/t15-,17+,19+/m1/s1. The minimum atomic E-state index is -0.379. The lowest BCUT2D eigenvalue weighted by Gasteiger charge is -2.37. The third-order valence-corrected chi connectivity index (χ3v) is 5.36. The zero-order valence-corrected chi connectivity index (χ0v) is 15.2. The van der Waals surface area contributed by atoms with Gasteiger partial charge in [-0.2, -0.15) is 0 Å². The lowest BCUT2D eigenvalue weighted by atomic mass is 9.80. The van der Waals surface area contributed by atoms with Crippen molar-refractivity contribution in [2.45, 2.75) is 18.6 Å². The summed E-state index contributed by atoms with van der Waals surface area (Å²) in [7, 11) is 2.74. The molecule has 2 aromatic carbocycles. The number of benzene rings is 2. The molecule has 1 fully saturated rings. The van der Waals surface area contributed by atoms with Gasteiger partial charge in [-0.25, -0.2) is 9.59 Å². The Morgan fingerprint density at radius 3 is 2.48 bits per heavy atom. The summed E-state index contributed by atoms with van der Waals surface area (Å²) in [5, 5.41) is 3.53. The highest BCUT2D eigenvalue weighted by molar-refractivity contribution is 5.97. The van der Waals surface area contributed by atoms with Crippen LogP contribution >= 0.6 is 0 Å². The van der Waals surface area contributed by atoms with Crippen molar-refractivity contribution in [1.82, 2.24) is 0 Å². The van der Waals surface area contributed by atoms with E-state index in [0.717, 1.165) is 23.2 Å². The number of hydrogen-bond acceptors (Lipinski definition) is 6. The summed E-state index contributed by atoms with van der Waals surface area (Å²) in [5.74, 6) is -0.497. The molecule has 27 heavy (non-hydrogen) atoms. The van der Waals surface area contributed by atoms with Gasteiger partial charge in [-0.15, -0.1) is 0 Å². The van der Waals surface area contributed by atoms with Crippen molar-refractivity contribution in [1.29, 1.82) is 0 Å². The lowest BCUT2D eigenvalue weighted by Crippen LogP contribution is -2.30. The quantitative estimate of drug-likeness (QED) is 0.837. The second-order valence-electron chi connectivity index (χ2n) is 6.74. The number of methoxy groups -OCH3 is 2. The van der Waals surface area contributed by atoms with E-state index in [1.807, 2.05) is 24.3 Å².